The van der Waals surface area contributed by atoms with Crippen LogP contribution in [0.15, 0.2) is 30.5 Å². The monoisotopic (exact) mass is 380 g/mol. The fraction of sp³-hybridized carbons (Fsp3) is 0.542. The van der Waals surface area contributed by atoms with Gasteiger partial charge in [-0.2, -0.15) is 0 Å². The molecule has 1 aromatic carbocycles. The van der Waals surface area contributed by atoms with Crippen molar-refractivity contribution in [1.29, 1.82) is 0 Å². The number of carbonyl (C=O) groups is 1. The molecule has 1 aliphatic carbocycles. The molecule has 1 unspecified atom stereocenters. The van der Waals surface area contributed by atoms with E-state index in [2.05, 4.69) is 18.8 Å². The first-order valence-electron chi connectivity index (χ1n) is 10.9. The fourth-order valence-electron chi connectivity index (χ4n) is 3.83. The van der Waals surface area contributed by atoms with Crippen molar-refractivity contribution in [1.82, 2.24) is 9.97 Å². The van der Waals surface area contributed by atoms with Crippen LogP contribution in [0.25, 0.3) is 11.4 Å². The molecule has 0 amide bonds. The van der Waals surface area contributed by atoms with Crippen LogP contribution < -0.4 is 4.74 Å². The van der Waals surface area contributed by atoms with Gasteiger partial charge in [0.05, 0.1) is 0 Å². The van der Waals surface area contributed by atoms with E-state index >= 15 is 0 Å². The summed E-state index contributed by atoms with van der Waals surface area (Å²) in [6, 6.07) is 7.51. The Labute approximate surface area is 168 Å². The number of esters is 1. The number of hydrogen-bond acceptors (Lipinski definition) is 4. The highest BCUT2D eigenvalue weighted by Gasteiger charge is 2.20. The van der Waals surface area contributed by atoms with Gasteiger partial charge in [-0.3, -0.25) is 4.79 Å². The summed E-state index contributed by atoms with van der Waals surface area (Å²) < 4.78 is 5.37. The zero-order valence-corrected chi connectivity index (χ0v) is 17.2. The molecular weight excluding hydrogens is 348 g/mol. The minimum Gasteiger partial charge on any atom is -0.427 e. The van der Waals surface area contributed by atoms with Crippen LogP contribution in [0.1, 0.15) is 76.5 Å². The molecule has 4 nitrogen and oxygen atoms in total. The van der Waals surface area contributed by atoms with Crippen LogP contribution in [0.5, 0.6) is 5.75 Å². The van der Waals surface area contributed by atoms with Crippen molar-refractivity contribution in [2.45, 2.75) is 78.1 Å². The number of aromatic nitrogens is 2. The minimum absolute atomic E-state index is 0.173. The van der Waals surface area contributed by atoms with Crippen molar-refractivity contribution in [2.75, 3.05) is 0 Å². The fourth-order valence-corrected chi connectivity index (χ4v) is 3.83. The summed E-state index contributed by atoms with van der Waals surface area (Å²) in [6.45, 7) is 4.32. The van der Waals surface area contributed by atoms with E-state index in [-0.39, 0.29) is 5.97 Å². The lowest BCUT2D eigenvalue weighted by Crippen LogP contribution is -2.16. The Morgan fingerprint density at radius 2 is 1.89 bits per heavy atom. The van der Waals surface area contributed by atoms with Crippen molar-refractivity contribution >= 4 is 5.97 Å². The molecule has 0 saturated heterocycles. The van der Waals surface area contributed by atoms with Crippen LogP contribution in [0.4, 0.5) is 0 Å². The molecule has 0 N–H and O–H groups in total. The molecule has 1 aromatic heterocycles. The number of unbranched alkanes of at least 4 members (excludes halogenated alkanes) is 3. The molecule has 28 heavy (non-hydrogen) atoms. The molecule has 0 radical (unpaired) electrons. The molecule has 0 bridgehead atoms. The van der Waals surface area contributed by atoms with E-state index in [0.717, 1.165) is 43.0 Å². The van der Waals surface area contributed by atoms with Gasteiger partial charge in [0.2, 0.25) is 0 Å². The van der Waals surface area contributed by atoms with Crippen LogP contribution in [-0.4, -0.2) is 15.9 Å². The van der Waals surface area contributed by atoms with Crippen LogP contribution in [0.2, 0.25) is 0 Å². The second-order valence-corrected chi connectivity index (χ2v) is 7.87. The van der Waals surface area contributed by atoms with E-state index in [9.17, 15) is 4.79 Å². The third-order valence-corrected chi connectivity index (χ3v) is 5.55. The Morgan fingerprint density at radius 3 is 2.64 bits per heavy atom. The zero-order valence-electron chi connectivity index (χ0n) is 17.2. The smallest absolute Gasteiger partial charge is 0.311 e. The number of rotatable bonds is 9. The van der Waals surface area contributed by atoms with Crippen molar-refractivity contribution in [2.24, 2.45) is 5.92 Å². The molecule has 0 fully saturated rings. The van der Waals surface area contributed by atoms with E-state index in [1.165, 1.54) is 43.4 Å². The topological polar surface area (TPSA) is 52.1 Å². The van der Waals surface area contributed by atoms with E-state index in [1.54, 1.807) is 0 Å². The average Bonchev–Trinajstić information content (AvgIpc) is 2.72. The summed E-state index contributed by atoms with van der Waals surface area (Å²) in [5, 5.41) is 0. The van der Waals surface area contributed by atoms with E-state index in [0.29, 0.717) is 12.2 Å². The molecule has 0 spiro atoms. The number of aryl methyl sites for hydroxylation is 1. The summed E-state index contributed by atoms with van der Waals surface area (Å²) in [4.78, 5) is 21.2. The van der Waals surface area contributed by atoms with Crippen LogP contribution >= 0.6 is 0 Å². The van der Waals surface area contributed by atoms with Gasteiger partial charge in [0, 0.05) is 23.9 Å². The van der Waals surface area contributed by atoms with Crippen LogP contribution in [-0.2, 0) is 17.6 Å². The van der Waals surface area contributed by atoms with E-state index in [1.807, 2.05) is 30.5 Å². The number of fused-ring (bicyclic) bond motifs is 1. The average molecular weight is 381 g/mol. The highest BCUT2D eigenvalue weighted by Crippen LogP contribution is 2.29. The highest BCUT2D eigenvalue weighted by atomic mass is 16.5. The van der Waals surface area contributed by atoms with Gasteiger partial charge in [0.15, 0.2) is 5.82 Å². The predicted octanol–water partition coefficient (Wildman–Crippen LogP) is 5.92. The largest absolute Gasteiger partial charge is 0.427 e. The van der Waals surface area contributed by atoms with Gasteiger partial charge >= 0.3 is 5.97 Å². The molecule has 2 aromatic rings. The lowest BCUT2D eigenvalue weighted by molar-refractivity contribution is -0.134. The summed E-state index contributed by atoms with van der Waals surface area (Å²) in [5.74, 6) is 1.95. The Hall–Kier alpha value is -2.23. The molecule has 1 atom stereocenters. The number of hydrogen-bond donors (Lipinski definition) is 0. The first-order valence-corrected chi connectivity index (χ1v) is 10.9. The van der Waals surface area contributed by atoms with E-state index < -0.39 is 0 Å². The first kappa shape index (κ1) is 20.5. The summed E-state index contributed by atoms with van der Waals surface area (Å²) in [6.07, 6.45) is 13.0. The summed E-state index contributed by atoms with van der Waals surface area (Å²) >= 11 is 0. The Bertz CT molecular complexity index is 771. The number of carbonyl (C=O) groups excluding carboxylic acids is 1. The van der Waals surface area contributed by atoms with Crippen molar-refractivity contribution in [3.8, 4) is 17.1 Å². The van der Waals surface area contributed by atoms with Crippen molar-refractivity contribution in [3.05, 3.63) is 41.7 Å². The lowest BCUT2D eigenvalue weighted by atomic mass is 9.84. The molecule has 4 heteroatoms. The van der Waals surface area contributed by atoms with E-state index in [4.69, 9.17) is 9.72 Å². The van der Waals surface area contributed by atoms with Crippen molar-refractivity contribution in [3.63, 3.8) is 0 Å². The van der Waals surface area contributed by atoms with Gasteiger partial charge in [-0.1, -0.05) is 46.0 Å². The van der Waals surface area contributed by atoms with Gasteiger partial charge in [0.25, 0.3) is 0 Å². The number of ether oxygens (including phenoxy) is 1. The molecule has 150 valence electrons. The second-order valence-electron chi connectivity index (χ2n) is 7.87. The summed E-state index contributed by atoms with van der Waals surface area (Å²) in [5.41, 5.74) is 3.48. The summed E-state index contributed by atoms with van der Waals surface area (Å²) in [7, 11) is 0. The Kier molecular flexibility index (Phi) is 7.58. The third kappa shape index (κ3) is 5.63. The zero-order chi connectivity index (χ0) is 19.8. The van der Waals surface area contributed by atoms with Gasteiger partial charge in [-0.05, 0) is 61.4 Å². The quantitative estimate of drug-likeness (QED) is 0.308. The molecule has 1 aliphatic rings. The lowest BCUT2D eigenvalue weighted by Gasteiger charge is -2.23. The highest BCUT2D eigenvalue weighted by molar-refractivity contribution is 5.72. The number of nitrogens with zero attached hydrogens (tertiary/aromatic N) is 2. The molecular formula is C24H32N2O2. The Balaban J connectivity index is 1.61. The molecule has 0 aliphatic heterocycles. The maximum atomic E-state index is 11.7. The van der Waals surface area contributed by atoms with Crippen molar-refractivity contribution < 1.29 is 9.53 Å². The van der Waals surface area contributed by atoms with Gasteiger partial charge < -0.3 is 4.74 Å². The SMILES string of the molecule is CCCCCC1CCc2nc(-c3ccc(OC(=O)CCCC)cc3)ncc2C1. The Morgan fingerprint density at radius 1 is 1.11 bits per heavy atom. The van der Waals surface area contributed by atoms with Gasteiger partial charge in [-0.15, -0.1) is 0 Å². The van der Waals surface area contributed by atoms with Gasteiger partial charge in [0.1, 0.15) is 5.75 Å². The maximum Gasteiger partial charge on any atom is 0.311 e. The molecule has 0 saturated carbocycles. The predicted molar refractivity (Wildman–Crippen MR) is 112 cm³/mol. The van der Waals surface area contributed by atoms with Crippen LogP contribution in [0.3, 0.4) is 0 Å². The normalized spacial score (nSPS) is 15.9. The number of benzene rings is 1. The first-order chi connectivity index (χ1) is 13.7. The molecule has 1 heterocycles. The standard InChI is InChI=1S/C24H32N2O2/c1-3-5-7-8-18-10-15-22-20(16-18)17-25-24(26-22)19-11-13-21(14-12-19)28-23(27)9-6-4-2/h11-14,17-18H,3-10,15-16H2,1-2H3. The maximum absolute atomic E-state index is 11.7. The minimum atomic E-state index is -0.173. The second kappa shape index (κ2) is 10.4. The molecule has 3 rings (SSSR count). The third-order valence-electron chi connectivity index (χ3n) is 5.55. The van der Waals surface area contributed by atoms with Gasteiger partial charge in [-0.25, -0.2) is 9.97 Å². The van der Waals surface area contributed by atoms with Crippen LogP contribution in [0, 0.1) is 5.92 Å².